The average molecular weight is 392 g/mol. The molecule has 0 aliphatic carbocycles. The molecule has 0 saturated carbocycles. The number of hydrogen-bond donors (Lipinski definition) is 0. The van der Waals surface area contributed by atoms with Crippen LogP contribution in [0.1, 0.15) is 18.4 Å². The predicted molar refractivity (Wildman–Crippen MR) is 99.6 cm³/mol. The molecule has 9 heteroatoms. The molecule has 1 aromatic heterocycles. The Balaban J connectivity index is 1.36. The number of nitrogens with zero attached hydrogens (tertiary/aromatic N) is 4. The van der Waals surface area contributed by atoms with E-state index in [9.17, 15) is 14.4 Å². The maximum atomic E-state index is 12.9. The summed E-state index contributed by atoms with van der Waals surface area (Å²) in [5.74, 6) is 0.508. The molecule has 0 spiro atoms. The van der Waals surface area contributed by atoms with Crippen molar-refractivity contribution in [2.75, 3.05) is 38.5 Å². The van der Waals surface area contributed by atoms with E-state index in [-0.39, 0.29) is 29.4 Å². The standard InChI is InChI=1S/C18H24N4O4S/c1-12-9-19-18-22(15(12)23)10-13(11-27-18)16(24)20-4-6-21(7-5-20)17(25)14-3-2-8-26-14/h9,13-14H,2-8,10-11H2,1H3/t13-,14-/m0/s1. The highest BCUT2D eigenvalue weighted by atomic mass is 32.2. The average Bonchev–Trinajstić information content (AvgIpc) is 3.24. The number of aromatic nitrogens is 2. The lowest BCUT2D eigenvalue weighted by molar-refractivity contribution is -0.147. The Morgan fingerprint density at radius 2 is 1.89 bits per heavy atom. The smallest absolute Gasteiger partial charge is 0.257 e. The van der Waals surface area contributed by atoms with Gasteiger partial charge in [0.05, 0.1) is 5.92 Å². The van der Waals surface area contributed by atoms with Crippen LogP contribution < -0.4 is 5.56 Å². The van der Waals surface area contributed by atoms with Crippen molar-refractivity contribution in [3.8, 4) is 0 Å². The van der Waals surface area contributed by atoms with Crippen LogP contribution in [0.5, 0.6) is 0 Å². The molecule has 0 N–H and O–H groups in total. The monoisotopic (exact) mass is 392 g/mol. The van der Waals surface area contributed by atoms with Crippen molar-refractivity contribution in [3.05, 3.63) is 22.1 Å². The van der Waals surface area contributed by atoms with Gasteiger partial charge in [0.25, 0.3) is 11.5 Å². The SMILES string of the molecule is Cc1cnc2n(c1=O)C[C@H](C(=O)N1CCN(C(=O)[C@@H]3CCCO3)CC1)CS2. The van der Waals surface area contributed by atoms with Crippen molar-refractivity contribution >= 4 is 23.6 Å². The van der Waals surface area contributed by atoms with E-state index in [1.54, 1.807) is 17.7 Å². The third-order valence-corrected chi connectivity index (χ3v) is 6.61. The quantitative estimate of drug-likeness (QED) is 0.665. The molecule has 0 aromatic carbocycles. The van der Waals surface area contributed by atoms with Gasteiger partial charge in [0.1, 0.15) is 6.10 Å². The van der Waals surface area contributed by atoms with Gasteiger partial charge in [-0.3, -0.25) is 19.0 Å². The molecule has 0 radical (unpaired) electrons. The number of thioether (sulfide) groups is 1. The normalized spacial score (nSPS) is 25.4. The molecular weight excluding hydrogens is 368 g/mol. The summed E-state index contributed by atoms with van der Waals surface area (Å²) in [6.07, 6.45) is 3.01. The van der Waals surface area contributed by atoms with Gasteiger partial charge in [-0.1, -0.05) is 11.8 Å². The highest BCUT2D eigenvalue weighted by Gasteiger charge is 2.34. The van der Waals surface area contributed by atoms with Gasteiger partial charge in [-0.15, -0.1) is 0 Å². The van der Waals surface area contributed by atoms with Crippen LogP contribution in [0.2, 0.25) is 0 Å². The lowest BCUT2D eigenvalue weighted by Crippen LogP contribution is -2.54. The first-order chi connectivity index (χ1) is 13.0. The van der Waals surface area contributed by atoms with E-state index >= 15 is 0 Å². The molecule has 2 saturated heterocycles. The van der Waals surface area contributed by atoms with Crippen LogP contribution >= 0.6 is 11.8 Å². The third kappa shape index (κ3) is 3.62. The summed E-state index contributed by atoms with van der Waals surface area (Å²) >= 11 is 1.46. The lowest BCUT2D eigenvalue weighted by Gasteiger charge is -2.38. The zero-order valence-electron chi connectivity index (χ0n) is 15.4. The Hall–Kier alpha value is -1.87. The fourth-order valence-corrected chi connectivity index (χ4v) is 4.87. The topological polar surface area (TPSA) is 84.7 Å². The van der Waals surface area contributed by atoms with Crippen LogP contribution in [0.4, 0.5) is 0 Å². The predicted octanol–water partition coefficient (Wildman–Crippen LogP) is 0.123. The number of fused-ring (bicyclic) bond motifs is 1. The number of amides is 2. The van der Waals surface area contributed by atoms with E-state index in [4.69, 9.17) is 4.74 Å². The van der Waals surface area contributed by atoms with Gasteiger partial charge < -0.3 is 14.5 Å². The molecule has 2 atom stereocenters. The lowest BCUT2D eigenvalue weighted by atomic mass is 10.1. The van der Waals surface area contributed by atoms with Gasteiger partial charge in [0.15, 0.2) is 5.16 Å². The molecule has 8 nitrogen and oxygen atoms in total. The van der Waals surface area contributed by atoms with Crippen molar-refractivity contribution in [2.24, 2.45) is 5.92 Å². The molecule has 1 aromatic rings. The van der Waals surface area contributed by atoms with Crippen LogP contribution in [0.25, 0.3) is 0 Å². The molecular formula is C18H24N4O4S. The maximum Gasteiger partial charge on any atom is 0.257 e. The fourth-order valence-electron chi connectivity index (χ4n) is 3.83. The van der Waals surface area contributed by atoms with Gasteiger partial charge in [-0.2, -0.15) is 0 Å². The molecule has 2 amide bonds. The summed E-state index contributed by atoms with van der Waals surface area (Å²) in [6, 6.07) is 0. The van der Waals surface area contributed by atoms with E-state index in [0.29, 0.717) is 55.8 Å². The highest BCUT2D eigenvalue weighted by Crippen LogP contribution is 2.26. The summed E-state index contributed by atoms with van der Waals surface area (Å²) in [6.45, 7) is 4.93. The van der Waals surface area contributed by atoms with Gasteiger partial charge >= 0.3 is 0 Å². The number of rotatable bonds is 2. The summed E-state index contributed by atoms with van der Waals surface area (Å²) in [5.41, 5.74) is 0.519. The van der Waals surface area contributed by atoms with E-state index in [0.717, 1.165) is 12.8 Å². The second kappa shape index (κ2) is 7.63. The first-order valence-corrected chi connectivity index (χ1v) is 10.4. The van der Waals surface area contributed by atoms with E-state index < -0.39 is 0 Å². The second-order valence-electron chi connectivity index (χ2n) is 7.30. The van der Waals surface area contributed by atoms with Gasteiger partial charge in [-0.25, -0.2) is 4.98 Å². The minimum atomic E-state index is -0.305. The molecule has 3 aliphatic heterocycles. The van der Waals surface area contributed by atoms with Gasteiger partial charge in [-0.05, 0) is 19.8 Å². The second-order valence-corrected chi connectivity index (χ2v) is 8.29. The molecule has 0 bridgehead atoms. The van der Waals surface area contributed by atoms with Crippen LogP contribution in [0.3, 0.4) is 0 Å². The van der Waals surface area contributed by atoms with Crippen molar-refractivity contribution in [1.82, 2.24) is 19.4 Å². The maximum absolute atomic E-state index is 12.9. The number of carbonyl (C=O) groups excluding carboxylic acids is 2. The highest BCUT2D eigenvalue weighted by molar-refractivity contribution is 7.99. The summed E-state index contributed by atoms with van der Waals surface area (Å²) < 4.78 is 7.09. The zero-order chi connectivity index (χ0) is 19.0. The Kier molecular flexibility index (Phi) is 5.23. The van der Waals surface area contributed by atoms with Crippen LogP contribution in [-0.4, -0.2) is 75.8 Å². The number of hydrogen-bond acceptors (Lipinski definition) is 6. The molecule has 146 valence electrons. The molecule has 2 fully saturated rings. The largest absolute Gasteiger partial charge is 0.368 e. The Morgan fingerprint density at radius 3 is 2.56 bits per heavy atom. The zero-order valence-corrected chi connectivity index (χ0v) is 16.2. The van der Waals surface area contributed by atoms with Crippen molar-refractivity contribution in [1.29, 1.82) is 0 Å². The number of piperazine rings is 1. The van der Waals surface area contributed by atoms with Gasteiger partial charge in [0.2, 0.25) is 5.91 Å². The Labute approximate surface area is 161 Å². The van der Waals surface area contributed by atoms with Crippen molar-refractivity contribution < 1.29 is 14.3 Å². The Bertz CT molecular complexity index is 797. The third-order valence-electron chi connectivity index (χ3n) is 5.46. The molecule has 27 heavy (non-hydrogen) atoms. The number of carbonyl (C=O) groups is 2. The molecule has 4 heterocycles. The van der Waals surface area contributed by atoms with Crippen molar-refractivity contribution in [3.63, 3.8) is 0 Å². The van der Waals surface area contributed by atoms with E-state index in [1.807, 2.05) is 9.80 Å². The first kappa shape index (κ1) is 18.5. The minimum absolute atomic E-state index is 0.0508. The van der Waals surface area contributed by atoms with E-state index in [2.05, 4.69) is 4.98 Å². The van der Waals surface area contributed by atoms with E-state index in [1.165, 1.54) is 11.8 Å². The minimum Gasteiger partial charge on any atom is -0.368 e. The van der Waals surface area contributed by atoms with Crippen LogP contribution in [-0.2, 0) is 20.9 Å². The first-order valence-electron chi connectivity index (χ1n) is 9.43. The van der Waals surface area contributed by atoms with Crippen LogP contribution in [0.15, 0.2) is 16.1 Å². The Morgan fingerprint density at radius 1 is 1.19 bits per heavy atom. The number of aryl methyl sites for hydroxylation is 1. The summed E-state index contributed by atoms with van der Waals surface area (Å²) in [7, 11) is 0. The number of ether oxygens (including phenoxy) is 1. The summed E-state index contributed by atoms with van der Waals surface area (Å²) in [4.78, 5) is 45.6. The van der Waals surface area contributed by atoms with Crippen LogP contribution in [0, 0.1) is 12.8 Å². The molecule has 4 rings (SSSR count). The summed E-state index contributed by atoms with van der Waals surface area (Å²) in [5, 5.41) is 0.682. The fraction of sp³-hybridized carbons (Fsp3) is 0.667. The van der Waals surface area contributed by atoms with Gasteiger partial charge in [0, 0.05) is 56.8 Å². The molecule has 0 unspecified atom stereocenters. The molecule has 3 aliphatic rings. The van der Waals surface area contributed by atoms with Crippen molar-refractivity contribution in [2.45, 2.75) is 37.6 Å².